The first kappa shape index (κ1) is 14.6. The standard InChI is InChI=1S/C13H11ClN2O3S/c1-16-12(19)6-11(18)15-13(16)20-7-10(17)8-3-2-4-9(14)5-8/h2-6,18H,7H2,1H3. The zero-order valence-corrected chi connectivity index (χ0v) is 12.1. The van der Waals surface area contributed by atoms with Crippen molar-refractivity contribution in [2.75, 3.05) is 5.75 Å². The zero-order valence-electron chi connectivity index (χ0n) is 10.5. The molecule has 0 aliphatic carbocycles. The Labute approximate surface area is 124 Å². The van der Waals surface area contributed by atoms with E-state index in [4.69, 9.17) is 11.6 Å². The van der Waals surface area contributed by atoms with Gasteiger partial charge in [0, 0.05) is 17.6 Å². The summed E-state index contributed by atoms with van der Waals surface area (Å²) in [5, 5.41) is 10.1. The van der Waals surface area contributed by atoms with E-state index in [0.717, 1.165) is 17.8 Å². The van der Waals surface area contributed by atoms with Crippen molar-refractivity contribution in [1.29, 1.82) is 0 Å². The minimum Gasteiger partial charge on any atom is -0.493 e. The van der Waals surface area contributed by atoms with Crippen LogP contribution in [0.5, 0.6) is 5.88 Å². The van der Waals surface area contributed by atoms with Crippen LogP contribution in [-0.4, -0.2) is 26.2 Å². The number of carbonyl (C=O) groups is 1. The molecule has 1 heterocycles. The highest BCUT2D eigenvalue weighted by Gasteiger charge is 2.11. The van der Waals surface area contributed by atoms with Gasteiger partial charge >= 0.3 is 0 Å². The summed E-state index contributed by atoms with van der Waals surface area (Å²) in [4.78, 5) is 27.3. The van der Waals surface area contributed by atoms with Crippen LogP contribution in [0.15, 0.2) is 40.3 Å². The molecule has 0 bridgehead atoms. The largest absolute Gasteiger partial charge is 0.493 e. The Bertz CT molecular complexity index is 715. The smallest absolute Gasteiger partial charge is 0.257 e. The molecule has 0 aliphatic heterocycles. The molecule has 0 fully saturated rings. The number of thioether (sulfide) groups is 1. The highest BCUT2D eigenvalue weighted by Crippen LogP contribution is 2.18. The van der Waals surface area contributed by atoms with Crippen LogP contribution >= 0.6 is 23.4 Å². The Balaban J connectivity index is 2.13. The third kappa shape index (κ3) is 3.40. The molecule has 7 heteroatoms. The van der Waals surface area contributed by atoms with E-state index in [1.165, 1.54) is 11.6 Å². The normalized spacial score (nSPS) is 10.5. The fourth-order valence-corrected chi connectivity index (χ4v) is 2.57. The Morgan fingerprint density at radius 1 is 1.45 bits per heavy atom. The van der Waals surface area contributed by atoms with E-state index in [2.05, 4.69) is 4.98 Å². The number of benzene rings is 1. The molecule has 5 nitrogen and oxygen atoms in total. The average Bonchev–Trinajstić information content (AvgIpc) is 2.40. The molecule has 1 N–H and O–H groups in total. The summed E-state index contributed by atoms with van der Waals surface area (Å²) in [7, 11) is 1.53. The molecule has 104 valence electrons. The fraction of sp³-hybridized carbons (Fsp3) is 0.154. The Morgan fingerprint density at radius 2 is 2.20 bits per heavy atom. The van der Waals surface area contributed by atoms with Crippen LogP contribution in [-0.2, 0) is 7.05 Å². The first-order chi connectivity index (χ1) is 9.47. The van der Waals surface area contributed by atoms with Crippen LogP contribution in [0.3, 0.4) is 0 Å². The summed E-state index contributed by atoms with van der Waals surface area (Å²) < 4.78 is 1.27. The van der Waals surface area contributed by atoms with Gasteiger partial charge < -0.3 is 5.11 Å². The summed E-state index contributed by atoms with van der Waals surface area (Å²) in [5.74, 6) is -0.384. The Morgan fingerprint density at radius 3 is 2.90 bits per heavy atom. The van der Waals surface area contributed by atoms with Crippen LogP contribution in [0, 0.1) is 0 Å². The number of carbonyl (C=O) groups excluding carboxylic acids is 1. The van der Waals surface area contributed by atoms with Crippen LogP contribution in [0.4, 0.5) is 0 Å². The number of hydrogen-bond acceptors (Lipinski definition) is 5. The second kappa shape index (κ2) is 6.11. The summed E-state index contributed by atoms with van der Waals surface area (Å²) in [6, 6.07) is 7.65. The summed E-state index contributed by atoms with van der Waals surface area (Å²) in [5.41, 5.74) is 0.116. The van der Waals surface area contributed by atoms with Gasteiger partial charge in [-0.2, -0.15) is 4.98 Å². The van der Waals surface area contributed by atoms with E-state index in [-0.39, 0.29) is 28.1 Å². The molecule has 1 aromatic heterocycles. The predicted octanol–water partition coefficient (Wildman–Crippen LogP) is 2.11. The summed E-state index contributed by atoms with van der Waals surface area (Å²) >= 11 is 6.91. The number of ketones is 1. The quantitative estimate of drug-likeness (QED) is 0.532. The van der Waals surface area contributed by atoms with E-state index in [0.29, 0.717) is 10.6 Å². The molecule has 0 atom stereocenters. The molecule has 0 aliphatic rings. The monoisotopic (exact) mass is 310 g/mol. The highest BCUT2D eigenvalue weighted by atomic mass is 35.5. The fourth-order valence-electron chi connectivity index (χ4n) is 1.51. The van der Waals surface area contributed by atoms with Crippen molar-refractivity contribution in [2.45, 2.75) is 5.16 Å². The maximum atomic E-state index is 12.0. The lowest BCUT2D eigenvalue weighted by Gasteiger charge is -2.06. The molecule has 0 unspecified atom stereocenters. The molecular formula is C13H11ClN2O3S. The molecule has 1 aromatic carbocycles. The van der Waals surface area contributed by atoms with E-state index in [1.54, 1.807) is 24.3 Å². The van der Waals surface area contributed by atoms with Crippen molar-refractivity contribution < 1.29 is 9.90 Å². The Kier molecular flexibility index (Phi) is 4.46. The SMILES string of the molecule is Cn1c(SCC(=O)c2cccc(Cl)c2)nc(O)cc1=O. The molecule has 0 radical (unpaired) electrons. The van der Waals surface area contributed by atoms with Crippen LogP contribution in [0.2, 0.25) is 5.02 Å². The zero-order chi connectivity index (χ0) is 14.7. The summed E-state index contributed by atoms with van der Waals surface area (Å²) in [6.45, 7) is 0. The first-order valence-corrected chi connectivity index (χ1v) is 7.02. The van der Waals surface area contributed by atoms with Crippen molar-refractivity contribution in [3.05, 3.63) is 51.3 Å². The molecular weight excluding hydrogens is 300 g/mol. The number of aromatic nitrogens is 2. The van der Waals surface area contributed by atoms with Gasteiger partial charge in [-0.3, -0.25) is 14.2 Å². The molecule has 0 saturated carbocycles. The minimum atomic E-state index is -0.379. The first-order valence-electron chi connectivity index (χ1n) is 5.66. The summed E-state index contributed by atoms with van der Waals surface area (Å²) in [6.07, 6.45) is 0. The van der Waals surface area contributed by atoms with E-state index in [9.17, 15) is 14.7 Å². The number of Topliss-reactive ketones (excluding diaryl/α,β-unsaturated/α-hetero) is 1. The molecule has 0 saturated heterocycles. The lowest BCUT2D eigenvalue weighted by atomic mass is 10.1. The van der Waals surface area contributed by atoms with Crippen molar-refractivity contribution in [3.8, 4) is 5.88 Å². The van der Waals surface area contributed by atoms with Crippen LogP contribution in [0.25, 0.3) is 0 Å². The third-order valence-corrected chi connectivity index (χ3v) is 3.82. The minimum absolute atomic E-state index is 0.101. The van der Waals surface area contributed by atoms with E-state index >= 15 is 0 Å². The molecule has 0 spiro atoms. The van der Waals surface area contributed by atoms with Crippen LogP contribution in [0.1, 0.15) is 10.4 Å². The number of halogens is 1. The van der Waals surface area contributed by atoms with Gasteiger partial charge in [0.1, 0.15) is 0 Å². The number of hydrogen-bond donors (Lipinski definition) is 1. The van der Waals surface area contributed by atoms with Gasteiger partial charge in [-0.25, -0.2) is 0 Å². The van der Waals surface area contributed by atoms with Crippen molar-refractivity contribution in [1.82, 2.24) is 9.55 Å². The van der Waals surface area contributed by atoms with Gasteiger partial charge in [-0.05, 0) is 12.1 Å². The van der Waals surface area contributed by atoms with Crippen LogP contribution < -0.4 is 5.56 Å². The van der Waals surface area contributed by atoms with Gasteiger partial charge in [0.15, 0.2) is 10.9 Å². The molecule has 20 heavy (non-hydrogen) atoms. The highest BCUT2D eigenvalue weighted by molar-refractivity contribution is 7.99. The van der Waals surface area contributed by atoms with Crippen molar-refractivity contribution in [3.63, 3.8) is 0 Å². The maximum absolute atomic E-state index is 12.0. The van der Waals surface area contributed by atoms with E-state index in [1.807, 2.05) is 0 Å². The second-order valence-corrected chi connectivity index (χ2v) is 5.40. The second-order valence-electron chi connectivity index (χ2n) is 4.02. The number of rotatable bonds is 4. The molecule has 2 aromatic rings. The van der Waals surface area contributed by atoms with Gasteiger partial charge in [0.2, 0.25) is 5.88 Å². The van der Waals surface area contributed by atoms with Gasteiger partial charge in [-0.1, -0.05) is 35.5 Å². The predicted molar refractivity (Wildman–Crippen MR) is 77.6 cm³/mol. The number of nitrogens with zero attached hydrogens (tertiary/aromatic N) is 2. The van der Waals surface area contributed by atoms with Crippen molar-refractivity contribution in [2.24, 2.45) is 7.05 Å². The maximum Gasteiger partial charge on any atom is 0.257 e. The number of aromatic hydroxyl groups is 1. The van der Waals surface area contributed by atoms with Gasteiger partial charge in [0.25, 0.3) is 5.56 Å². The lowest BCUT2D eigenvalue weighted by Crippen LogP contribution is -2.18. The molecule has 2 rings (SSSR count). The van der Waals surface area contributed by atoms with Crippen molar-refractivity contribution >= 4 is 29.1 Å². The Hall–Kier alpha value is -1.79. The third-order valence-electron chi connectivity index (χ3n) is 2.56. The molecule has 0 amide bonds. The van der Waals surface area contributed by atoms with E-state index < -0.39 is 0 Å². The van der Waals surface area contributed by atoms with Gasteiger partial charge in [-0.15, -0.1) is 0 Å². The van der Waals surface area contributed by atoms with Gasteiger partial charge in [0.05, 0.1) is 11.8 Å². The average molecular weight is 311 g/mol. The lowest BCUT2D eigenvalue weighted by molar-refractivity contribution is 0.102. The topological polar surface area (TPSA) is 72.2 Å².